The molecule has 6 heteroatoms. The fourth-order valence-corrected chi connectivity index (χ4v) is 2.59. The Morgan fingerprint density at radius 2 is 2.21 bits per heavy atom. The molecule has 0 amide bonds. The summed E-state index contributed by atoms with van der Waals surface area (Å²) in [7, 11) is 5.64. The quantitative estimate of drug-likeness (QED) is 0.700. The van der Waals surface area contributed by atoms with Crippen LogP contribution >= 0.6 is 11.3 Å². The average molecular weight is 285 g/mol. The number of nitrogens with one attached hydrogen (secondary N) is 1. The minimum Gasteiger partial charge on any atom is -0.480 e. The first-order valence-corrected chi connectivity index (χ1v) is 7.52. The van der Waals surface area contributed by atoms with Crippen LogP contribution in [0.4, 0.5) is 5.13 Å². The normalized spacial score (nSPS) is 14.7. The lowest BCUT2D eigenvalue weighted by molar-refractivity contribution is 0.126. The SMILES string of the molecule is COc1nc(N(C)C)sc1CNCCOCC1CC1. The molecule has 19 heavy (non-hydrogen) atoms. The van der Waals surface area contributed by atoms with Crippen molar-refractivity contribution in [3.63, 3.8) is 0 Å². The minimum absolute atomic E-state index is 0.722. The van der Waals surface area contributed by atoms with Crippen LogP contribution in [0.3, 0.4) is 0 Å². The predicted molar refractivity (Wildman–Crippen MR) is 78.2 cm³/mol. The van der Waals surface area contributed by atoms with Crippen LogP contribution in [0.2, 0.25) is 0 Å². The summed E-state index contributed by atoms with van der Waals surface area (Å²) in [5.41, 5.74) is 0. The van der Waals surface area contributed by atoms with E-state index in [9.17, 15) is 0 Å². The third-order valence-corrected chi connectivity index (χ3v) is 4.19. The van der Waals surface area contributed by atoms with Gasteiger partial charge in [-0.1, -0.05) is 11.3 Å². The molecular weight excluding hydrogens is 262 g/mol. The molecule has 1 aliphatic rings. The van der Waals surface area contributed by atoms with Gasteiger partial charge in [-0.15, -0.1) is 0 Å². The van der Waals surface area contributed by atoms with Gasteiger partial charge in [-0.3, -0.25) is 0 Å². The Balaban J connectivity index is 1.68. The van der Waals surface area contributed by atoms with Gasteiger partial charge in [0.2, 0.25) is 5.88 Å². The Kier molecular flexibility index (Phi) is 5.42. The average Bonchev–Trinajstić information content (AvgIpc) is 3.11. The summed E-state index contributed by atoms with van der Waals surface area (Å²) in [6.45, 7) is 3.35. The molecule has 1 aromatic rings. The number of aromatic nitrogens is 1. The second kappa shape index (κ2) is 7.07. The van der Waals surface area contributed by atoms with E-state index in [0.29, 0.717) is 0 Å². The summed E-state index contributed by atoms with van der Waals surface area (Å²) in [5, 5.41) is 4.34. The highest BCUT2D eigenvalue weighted by Gasteiger charge is 2.20. The van der Waals surface area contributed by atoms with Gasteiger partial charge in [0.15, 0.2) is 5.13 Å². The maximum absolute atomic E-state index is 5.58. The van der Waals surface area contributed by atoms with E-state index in [1.807, 2.05) is 19.0 Å². The summed E-state index contributed by atoms with van der Waals surface area (Å²) in [5.74, 6) is 1.56. The molecule has 1 aromatic heterocycles. The number of hydrogen-bond donors (Lipinski definition) is 1. The highest BCUT2D eigenvalue weighted by atomic mass is 32.1. The van der Waals surface area contributed by atoms with Crippen LogP contribution in [0.1, 0.15) is 17.7 Å². The van der Waals surface area contributed by atoms with Gasteiger partial charge in [0.25, 0.3) is 0 Å². The maximum Gasteiger partial charge on any atom is 0.230 e. The molecule has 0 bridgehead atoms. The monoisotopic (exact) mass is 285 g/mol. The van der Waals surface area contributed by atoms with Crippen LogP contribution in [0.25, 0.3) is 0 Å². The molecule has 1 aliphatic carbocycles. The number of nitrogens with zero attached hydrogens (tertiary/aromatic N) is 2. The molecule has 2 rings (SSSR count). The summed E-state index contributed by atoms with van der Waals surface area (Å²) < 4.78 is 10.9. The lowest BCUT2D eigenvalue weighted by atomic mass is 10.4. The molecule has 0 spiro atoms. The summed E-state index contributed by atoms with van der Waals surface area (Å²) in [6.07, 6.45) is 2.69. The van der Waals surface area contributed by atoms with E-state index in [1.165, 1.54) is 12.8 Å². The summed E-state index contributed by atoms with van der Waals surface area (Å²) in [4.78, 5) is 7.55. The first-order chi connectivity index (χ1) is 9.20. The van der Waals surface area contributed by atoms with Crippen LogP contribution < -0.4 is 15.0 Å². The molecule has 1 saturated carbocycles. The molecule has 5 nitrogen and oxygen atoms in total. The van der Waals surface area contributed by atoms with Crippen molar-refractivity contribution < 1.29 is 9.47 Å². The smallest absolute Gasteiger partial charge is 0.230 e. The van der Waals surface area contributed by atoms with E-state index in [-0.39, 0.29) is 0 Å². The number of methoxy groups -OCH3 is 1. The summed E-state index contributed by atoms with van der Waals surface area (Å²) >= 11 is 1.66. The molecule has 0 aromatic carbocycles. The van der Waals surface area contributed by atoms with Crippen molar-refractivity contribution in [3.05, 3.63) is 4.88 Å². The Hall–Kier alpha value is -0.850. The van der Waals surface area contributed by atoms with Crippen molar-refractivity contribution in [1.29, 1.82) is 0 Å². The minimum atomic E-state index is 0.722. The molecule has 1 fully saturated rings. The number of anilines is 1. The van der Waals surface area contributed by atoms with Crippen LogP contribution in [-0.2, 0) is 11.3 Å². The predicted octanol–water partition coefficient (Wildman–Crippen LogP) is 1.73. The van der Waals surface area contributed by atoms with Crippen molar-refractivity contribution in [2.24, 2.45) is 5.92 Å². The fraction of sp³-hybridized carbons (Fsp3) is 0.769. The highest BCUT2D eigenvalue weighted by Crippen LogP contribution is 2.30. The molecule has 0 unspecified atom stereocenters. The van der Waals surface area contributed by atoms with E-state index in [0.717, 1.165) is 48.1 Å². The number of ether oxygens (including phenoxy) is 2. The lowest BCUT2D eigenvalue weighted by Crippen LogP contribution is -2.19. The number of hydrogen-bond acceptors (Lipinski definition) is 6. The molecule has 0 saturated heterocycles. The lowest BCUT2D eigenvalue weighted by Gasteiger charge is -2.05. The van der Waals surface area contributed by atoms with Crippen molar-refractivity contribution >= 4 is 16.5 Å². The van der Waals surface area contributed by atoms with Crippen LogP contribution in [-0.4, -0.2) is 45.9 Å². The zero-order valence-corrected chi connectivity index (χ0v) is 12.8. The maximum atomic E-state index is 5.58. The van der Waals surface area contributed by atoms with E-state index >= 15 is 0 Å². The van der Waals surface area contributed by atoms with Crippen LogP contribution in [0, 0.1) is 5.92 Å². The van der Waals surface area contributed by atoms with Gasteiger partial charge in [-0.25, -0.2) is 0 Å². The second-order valence-electron chi connectivity index (χ2n) is 5.02. The first kappa shape index (κ1) is 14.6. The topological polar surface area (TPSA) is 46.6 Å². The number of thiazole rings is 1. The van der Waals surface area contributed by atoms with Gasteiger partial charge in [0.05, 0.1) is 18.6 Å². The molecular formula is C13H23N3O2S. The van der Waals surface area contributed by atoms with Crippen molar-refractivity contribution in [2.45, 2.75) is 19.4 Å². The van der Waals surface area contributed by atoms with Gasteiger partial charge in [-0.2, -0.15) is 4.98 Å². The van der Waals surface area contributed by atoms with Gasteiger partial charge < -0.3 is 19.7 Å². The molecule has 1 N–H and O–H groups in total. The van der Waals surface area contributed by atoms with Crippen molar-refractivity contribution in [3.8, 4) is 5.88 Å². The fourth-order valence-electron chi connectivity index (χ4n) is 1.67. The van der Waals surface area contributed by atoms with Gasteiger partial charge >= 0.3 is 0 Å². The van der Waals surface area contributed by atoms with E-state index in [1.54, 1.807) is 18.4 Å². The van der Waals surface area contributed by atoms with E-state index in [2.05, 4.69) is 10.3 Å². The molecule has 108 valence electrons. The highest BCUT2D eigenvalue weighted by molar-refractivity contribution is 7.15. The van der Waals surface area contributed by atoms with Crippen molar-refractivity contribution in [2.75, 3.05) is 45.9 Å². The zero-order chi connectivity index (χ0) is 13.7. The molecule has 0 atom stereocenters. The van der Waals surface area contributed by atoms with Gasteiger partial charge in [0, 0.05) is 33.8 Å². The number of rotatable bonds is 9. The molecule has 0 radical (unpaired) electrons. The van der Waals surface area contributed by atoms with E-state index < -0.39 is 0 Å². The Bertz CT molecular complexity index is 391. The Morgan fingerprint density at radius 3 is 2.84 bits per heavy atom. The molecule has 1 heterocycles. The van der Waals surface area contributed by atoms with Crippen LogP contribution in [0.15, 0.2) is 0 Å². The van der Waals surface area contributed by atoms with Gasteiger partial charge in [-0.05, 0) is 18.8 Å². The largest absolute Gasteiger partial charge is 0.480 e. The third kappa shape index (κ3) is 4.63. The first-order valence-electron chi connectivity index (χ1n) is 6.70. The standard InChI is InChI=1S/C13H23N3O2S/c1-16(2)13-15-12(17-3)11(19-13)8-14-6-7-18-9-10-4-5-10/h10,14H,4-9H2,1-3H3. The van der Waals surface area contributed by atoms with Gasteiger partial charge in [0.1, 0.15) is 0 Å². The van der Waals surface area contributed by atoms with E-state index in [4.69, 9.17) is 9.47 Å². The molecule has 0 aliphatic heterocycles. The van der Waals surface area contributed by atoms with Crippen molar-refractivity contribution in [1.82, 2.24) is 10.3 Å². The Morgan fingerprint density at radius 1 is 1.42 bits per heavy atom. The third-order valence-electron chi connectivity index (χ3n) is 2.99. The summed E-state index contributed by atoms with van der Waals surface area (Å²) in [6, 6.07) is 0. The Labute approximate surface area is 118 Å². The van der Waals surface area contributed by atoms with Crippen LogP contribution in [0.5, 0.6) is 5.88 Å². The zero-order valence-electron chi connectivity index (χ0n) is 11.9. The second-order valence-corrected chi connectivity index (χ2v) is 6.08.